The molecule has 0 spiro atoms. The molecule has 1 amide bonds. The number of thioether (sulfide) groups is 1. The zero-order valence-corrected chi connectivity index (χ0v) is 13.4. The van der Waals surface area contributed by atoms with E-state index in [-0.39, 0.29) is 24.6 Å². The van der Waals surface area contributed by atoms with E-state index in [4.69, 9.17) is 4.42 Å². The van der Waals surface area contributed by atoms with Crippen molar-refractivity contribution in [3.63, 3.8) is 0 Å². The van der Waals surface area contributed by atoms with Gasteiger partial charge in [0.1, 0.15) is 0 Å². The van der Waals surface area contributed by atoms with Crippen LogP contribution in [0.2, 0.25) is 0 Å². The molecule has 0 aromatic carbocycles. The Kier molecular flexibility index (Phi) is 4.55. The Bertz CT molecular complexity index is 660. The van der Waals surface area contributed by atoms with E-state index in [0.717, 1.165) is 23.7 Å². The fourth-order valence-corrected chi connectivity index (χ4v) is 3.36. The molecule has 0 bridgehead atoms. The number of hydrogen-bond donors (Lipinski definition) is 2. The summed E-state index contributed by atoms with van der Waals surface area (Å²) >= 11 is 2.72. The molecule has 1 atom stereocenters. The molecule has 0 aliphatic carbocycles. The van der Waals surface area contributed by atoms with Crippen LogP contribution >= 0.6 is 23.1 Å². The Morgan fingerprint density at radius 1 is 1.50 bits per heavy atom. The van der Waals surface area contributed by atoms with E-state index in [1.807, 2.05) is 11.2 Å². The van der Waals surface area contributed by atoms with Gasteiger partial charge in [0.15, 0.2) is 4.34 Å². The summed E-state index contributed by atoms with van der Waals surface area (Å²) in [7, 11) is 0. The van der Waals surface area contributed by atoms with Crippen molar-refractivity contribution in [2.45, 2.75) is 23.2 Å². The highest BCUT2D eigenvalue weighted by Crippen LogP contribution is 2.25. The molecule has 11 heteroatoms. The number of nitrogens with one attached hydrogen (secondary N) is 1. The lowest BCUT2D eigenvalue weighted by atomic mass is 10.2. The van der Waals surface area contributed by atoms with Gasteiger partial charge in [0.25, 0.3) is 0 Å². The van der Waals surface area contributed by atoms with Gasteiger partial charge in [-0.1, -0.05) is 28.2 Å². The number of carbonyl (C=O) groups is 1. The van der Waals surface area contributed by atoms with Crippen molar-refractivity contribution in [1.29, 1.82) is 0 Å². The number of amides is 1. The predicted octanol–water partition coefficient (Wildman–Crippen LogP) is 0.856. The molecular formula is C11H14N6O3S2. The Morgan fingerprint density at radius 3 is 3.09 bits per heavy atom. The first kappa shape index (κ1) is 15.2. The first-order valence-electron chi connectivity index (χ1n) is 6.61. The van der Waals surface area contributed by atoms with Crippen molar-refractivity contribution < 1.29 is 14.3 Å². The van der Waals surface area contributed by atoms with Gasteiger partial charge in [-0.05, 0) is 19.1 Å². The second-order valence-electron chi connectivity index (χ2n) is 4.59. The van der Waals surface area contributed by atoms with Crippen molar-refractivity contribution in [2.24, 2.45) is 0 Å². The highest BCUT2D eigenvalue weighted by Gasteiger charge is 2.29. The van der Waals surface area contributed by atoms with Crippen LogP contribution in [0.4, 0.5) is 11.1 Å². The number of anilines is 2. The first-order chi connectivity index (χ1) is 10.7. The molecule has 2 aromatic rings. The van der Waals surface area contributed by atoms with Gasteiger partial charge < -0.3 is 14.4 Å². The third-order valence-electron chi connectivity index (χ3n) is 3.24. The van der Waals surface area contributed by atoms with E-state index >= 15 is 0 Å². The Hall–Kier alpha value is -1.72. The lowest BCUT2D eigenvalue weighted by Crippen LogP contribution is -2.32. The zero-order valence-electron chi connectivity index (χ0n) is 11.7. The van der Waals surface area contributed by atoms with Gasteiger partial charge in [0.05, 0.1) is 12.6 Å². The molecule has 1 aliphatic heterocycles. The standard InChI is InChI=1S/C11H14N6O3S2/c1-21-11-16-14-9(22-11)12-7(19)8-13-15-10(20-8)17-4-2-3-6(17)5-18/h6,18H,2-5H2,1H3,(H,12,14,19). The van der Waals surface area contributed by atoms with E-state index < -0.39 is 5.91 Å². The summed E-state index contributed by atoms with van der Waals surface area (Å²) in [4.78, 5) is 13.9. The third kappa shape index (κ3) is 3.05. The lowest BCUT2D eigenvalue weighted by molar-refractivity contribution is 0.0990. The summed E-state index contributed by atoms with van der Waals surface area (Å²) < 4.78 is 6.15. The number of carbonyl (C=O) groups excluding carboxylic acids is 1. The van der Waals surface area contributed by atoms with Crippen LogP contribution < -0.4 is 10.2 Å². The van der Waals surface area contributed by atoms with Crippen LogP contribution in [0.5, 0.6) is 0 Å². The Labute approximate surface area is 134 Å². The highest BCUT2D eigenvalue weighted by atomic mass is 32.2. The van der Waals surface area contributed by atoms with E-state index in [9.17, 15) is 9.90 Å². The summed E-state index contributed by atoms with van der Waals surface area (Å²) in [5.74, 6) is -0.665. The van der Waals surface area contributed by atoms with Crippen molar-refractivity contribution >= 4 is 40.2 Å². The van der Waals surface area contributed by atoms with Crippen molar-refractivity contribution in [3.05, 3.63) is 5.89 Å². The van der Waals surface area contributed by atoms with Gasteiger partial charge in [0, 0.05) is 6.54 Å². The van der Waals surface area contributed by atoms with Crippen LogP contribution in [0.1, 0.15) is 23.5 Å². The summed E-state index contributed by atoms with van der Waals surface area (Å²) in [5.41, 5.74) is 0. The molecule has 0 saturated carbocycles. The minimum Gasteiger partial charge on any atom is -0.399 e. The van der Waals surface area contributed by atoms with Crippen LogP contribution in [-0.2, 0) is 0 Å². The van der Waals surface area contributed by atoms with E-state index in [2.05, 4.69) is 25.7 Å². The fourth-order valence-electron chi connectivity index (χ4n) is 2.19. The van der Waals surface area contributed by atoms with Gasteiger partial charge in [-0.25, -0.2) is 0 Å². The Morgan fingerprint density at radius 2 is 2.36 bits per heavy atom. The molecule has 9 nitrogen and oxygen atoms in total. The number of aromatic nitrogens is 4. The molecule has 118 valence electrons. The van der Waals surface area contributed by atoms with E-state index in [1.165, 1.54) is 23.1 Å². The molecule has 2 aromatic heterocycles. The minimum absolute atomic E-state index is 0.0200. The molecule has 0 radical (unpaired) electrons. The van der Waals surface area contributed by atoms with Crippen molar-refractivity contribution in [2.75, 3.05) is 29.6 Å². The molecule has 1 fully saturated rings. The van der Waals surface area contributed by atoms with Crippen molar-refractivity contribution in [3.8, 4) is 0 Å². The molecule has 2 N–H and O–H groups in total. The van der Waals surface area contributed by atoms with E-state index in [0.29, 0.717) is 5.13 Å². The van der Waals surface area contributed by atoms with Crippen LogP contribution in [0.3, 0.4) is 0 Å². The van der Waals surface area contributed by atoms with Gasteiger partial charge in [-0.2, -0.15) is 0 Å². The fraction of sp³-hybridized carbons (Fsp3) is 0.545. The monoisotopic (exact) mass is 342 g/mol. The number of nitrogens with zero attached hydrogens (tertiary/aromatic N) is 5. The maximum atomic E-state index is 12.0. The smallest absolute Gasteiger partial charge is 0.318 e. The SMILES string of the molecule is CSc1nnc(NC(=O)c2nnc(N3CCCC3CO)o2)s1. The number of hydrogen-bond acceptors (Lipinski definition) is 10. The van der Waals surface area contributed by atoms with Gasteiger partial charge >= 0.3 is 17.8 Å². The topological polar surface area (TPSA) is 117 Å². The van der Waals surface area contributed by atoms with Crippen LogP contribution in [0.25, 0.3) is 0 Å². The average molecular weight is 342 g/mol. The largest absolute Gasteiger partial charge is 0.399 e. The average Bonchev–Trinajstić information content (AvgIpc) is 3.26. The molecule has 1 aliphatic rings. The maximum absolute atomic E-state index is 12.0. The molecular weight excluding hydrogens is 328 g/mol. The number of rotatable bonds is 5. The van der Waals surface area contributed by atoms with Crippen LogP contribution in [0.15, 0.2) is 8.76 Å². The van der Waals surface area contributed by atoms with Crippen LogP contribution in [-0.4, -0.2) is 56.9 Å². The van der Waals surface area contributed by atoms with Gasteiger partial charge in [-0.3, -0.25) is 10.1 Å². The molecule has 3 rings (SSSR count). The highest BCUT2D eigenvalue weighted by molar-refractivity contribution is 8.00. The second-order valence-corrected chi connectivity index (χ2v) is 6.62. The summed E-state index contributed by atoms with van der Waals surface area (Å²) in [5, 5.41) is 27.6. The quantitative estimate of drug-likeness (QED) is 0.602. The first-order valence-corrected chi connectivity index (χ1v) is 8.65. The van der Waals surface area contributed by atoms with Gasteiger partial charge in [-0.15, -0.1) is 15.3 Å². The minimum atomic E-state index is -0.526. The number of aliphatic hydroxyl groups is 1. The lowest BCUT2D eigenvalue weighted by Gasteiger charge is -2.19. The second kappa shape index (κ2) is 6.58. The van der Waals surface area contributed by atoms with Crippen LogP contribution in [0, 0.1) is 0 Å². The molecule has 1 unspecified atom stereocenters. The molecule has 22 heavy (non-hydrogen) atoms. The zero-order chi connectivity index (χ0) is 15.5. The third-order valence-corrected chi connectivity index (χ3v) is 5.06. The van der Waals surface area contributed by atoms with E-state index in [1.54, 1.807) is 0 Å². The molecule has 3 heterocycles. The summed E-state index contributed by atoms with van der Waals surface area (Å²) in [6, 6.07) is 0.215. The normalized spacial score (nSPS) is 17.9. The summed E-state index contributed by atoms with van der Waals surface area (Å²) in [6.07, 6.45) is 3.68. The predicted molar refractivity (Wildman–Crippen MR) is 81.4 cm³/mol. The number of aliphatic hydroxyl groups excluding tert-OH is 1. The Balaban J connectivity index is 1.69. The van der Waals surface area contributed by atoms with Crippen molar-refractivity contribution in [1.82, 2.24) is 20.4 Å². The van der Waals surface area contributed by atoms with Gasteiger partial charge in [0.2, 0.25) is 5.13 Å². The maximum Gasteiger partial charge on any atom is 0.318 e. The molecule has 1 saturated heterocycles. The summed E-state index contributed by atoms with van der Waals surface area (Å²) in [6.45, 7) is 0.744.